The molecule has 8 bridgehead atoms. The molecule has 0 aromatic carbocycles. The highest BCUT2D eigenvalue weighted by Crippen LogP contribution is 2.37. The van der Waals surface area contributed by atoms with E-state index < -0.39 is 0 Å². The lowest BCUT2D eigenvalue weighted by Gasteiger charge is -2.03. The zero-order valence-corrected chi connectivity index (χ0v) is 30.4. The largest absolute Gasteiger partial charge is 0.469 e. The maximum atomic E-state index is 12.2. The number of esters is 2. The Bertz CT molecular complexity index is 1800. The van der Waals surface area contributed by atoms with Crippen LogP contribution in [0.1, 0.15) is 84.6 Å². The normalized spacial score (nSPS) is 13.0. The van der Waals surface area contributed by atoms with Gasteiger partial charge in [0.05, 0.1) is 37.0 Å². The summed E-state index contributed by atoms with van der Waals surface area (Å²) in [6.07, 6.45) is 3.22. The number of fused-ring (bicyclic) bond motifs is 8. The Balaban J connectivity index is 1.91. The Labute approximate surface area is 286 Å². The lowest BCUT2D eigenvalue weighted by Crippen LogP contribution is -2.02. The molecule has 0 saturated heterocycles. The van der Waals surface area contributed by atoms with Crippen LogP contribution in [-0.2, 0) is 31.9 Å². The summed E-state index contributed by atoms with van der Waals surface area (Å²) >= 11 is 7.29. The number of halogens is 2. The average molecular weight is 753 g/mol. The summed E-state index contributed by atoms with van der Waals surface area (Å²) in [5, 5.41) is 1.63. The van der Waals surface area contributed by atoms with Crippen molar-refractivity contribution in [2.24, 2.45) is 0 Å². The molecule has 5 heterocycles. The number of aromatic nitrogens is 4. The Hall–Kier alpha value is -3.50. The molecule has 10 heteroatoms. The number of hydrogen-bond donors (Lipinski definition) is 2. The standard InChI is InChI=1S/C36H40Br2N4O4/c1-19-23(7-9-35(43)45-5)33-18-34-24(8-10-36(44)46-6)20(2)30(42-34)17-32-26(12-14-38)22(4)28(40-32)15-27-21(3)25(11-13-37)31(39-27)16-29(19)41-33/h15-18,41-42H,7-14H2,1-6H3. The van der Waals surface area contributed by atoms with Crippen LogP contribution in [0, 0.1) is 13.8 Å². The number of carbonyl (C=O) groups is 2. The van der Waals surface area contributed by atoms with E-state index in [1.807, 2.05) is 0 Å². The molecule has 0 radical (unpaired) electrons. The molecule has 0 aliphatic carbocycles. The number of aryl methyl sites for hydroxylation is 4. The van der Waals surface area contributed by atoms with E-state index in [4.69, 9.17) is 19.4 Å². The molecule has 5 rings (SSSR count). The molecule has 2 aliphatic heterocycles. The number of rotatable bonds is 10. The third-order valence-corrected chi connectivity index (χ3v) is 9.90. The molecule has 0 spiro atoms. The molecule has 46 heavy (non-hydrogen) atoms. The zero-order chi connectivity index (χ0) is 33.1. The van der Waals surface area contributed by atoms with Crippen molar-refractivity contribution in [3.8, 4) is 0 Å². The van der Waals surface area contributed by atoms with E-state index in [2.05, 4.69) is 93.8 Å². The lowest BCUT2D eigenvalue weighted by atomic mass is 10.0. The molecule has 0 fully saturated rings. The smallest absolute Gasteiger partial charge is 0.305 e. The summed E-state index contributed by atoms with van der Waals surface area (Å²) in [5.74, 6) is -0.517. The van der Waals surface area contributed by atoms with Gasteiger partial charge in [0.1, 0.15) is 0 Å². The number of methoxy groups -OCH3 is 2. The summed E-state index contributed by atoms with van der Waals surface area (Å²) in [6.45, 7) is 8.42. The second-order valence-electron chi connectivity index (χ2n) is 11.7. The average Bonchev–Trinajstić information content (AvgIpc) is 3.69. The molecule has 2 aliphatic rings. The number of hydrogen-bond acceptors (Lipinski definition) is 6. The maximum Gasteiger partial charge on any atom is 0.305 e. The van der Waals surface area contributed by atoms with E-state index >= 15 is 0 Å². The molecule has 0 amide bonds. The number of alkyl halides is 2. The van der Waals surface area contributed by atoms with E-state index in [1.165, 1.54) is 25.4 Å². The van der Waals surface area contributed by atoms with Crippen LogP contribution in [-0.4, -0.2) is 56.8 Å². The van der Waals surface area contributed by atoms with Crippen molar-refractivity contribution in [3.05, 3.63) is 69.3 Å². The number of nitrogens with zero attached hydrogens (tertiary/aromatic N) is 2. The van der Waals surface area contributed by atoms with Gasteiger partial charge in [-0.15, -0.1) is 0 Å². The minimum absolute atomic E-state index is 0.258. The summed E-state index contributed by atoms with van der Waals surface area (Å²) in [6, 6.07) is 8.44. The molecule has 0 unspecified atom stereocenters. The number of ether oxygens (including phenoxy) is 2. The van der Waals surface area contributed by atoms with Crippen LogP contribution in [0.25, 0.3) is 44.4 Å². The van der Waals surface area contributed by atoms with Gasteiger partial charge in [0.15, 0.2) is 0 Å². The van der Waals surface area contributed by atoms with Gasteiger partial charge in [-0.25, -0.2) is 9.97 Å². The Kier molecular flexibility index (Phi) is 10.7. The van der Waals surface area contributed by atoms with Gasteiger partial charge in [0, 0.05) is 45.6 Å². The molecule has 3 aromatic heterocycles. The lowest BCUT2D eigenvalue weighted by molar-refractivity contribution is -0.141. The van der Waals surface area contributed by atoms with Gasteiger partial charge in [-0.3, -0.25) is 9.59 Å². The van der Waals surface area contributed by atoms with Crippen molar-refractivity contribution in [2.45, 2.75) is 66.2 Å². The number of aromatic amines is 2. The predicted octanol–water partition coefficient (Wildman–Crippen LogP) is 8.57. The van der Waals surface area contributed by atoms with Crippen molar-refractivity contribution in [1.82, 2.24) is 19.9 Å². The molecule has 3 aromatic rings. The van der Waals surface area contributed by atoms with Crippen LogP contribution in [0.2, 0.25) is 0 Å². The van der Waals surface area contributed by atoms with Crippen LogP contribution < -0.4 is 0 Å². The van der Waals surface area contributed by atoms with E-state index in [0.29, 0.717) is 12.8 Å². The fraction of sp³-hybridized carbons (Fsp3) is 0.389. The molecule has 242 valence electrons. The molecule has 8 nitrogen and oxygen atoms in total. The van der Waals surface area contributed by atoms with Gasteiger partial charge in [-0.05, 0) is 122 Å². The number of nitrogens with one attached hydrogen (secondary N) is 2. The highest BCUT2D eigenvalue weighted by atomic mass is 79.9. The molecule has 0 atom stereocenters. The van der Waals surface area contributed by atoms with Crippen LogP contribution in [0.5, 0.6) is 0 Å². The fourth-order valence-corrected chi connectivity index (χ4v) is 7.13. The van der Waals surface area contributed by atoms with Crippen LogP contribution in [0.15, 0.2) is 24.3 Å². The number of H-pyrrole nitrogens is 2. The summed E-state index contributed by atoms with van der Waals surface area (Å²) in [5.41, 5.74) is 16.2. The number of allylic oxidation sites excluding steroid dienone is 4. The molecule has 0 saturated carbocycles. The van der Waals surface area contributed by atoms with Gasteiger partial charge in [0.25, 0.3) is 0 Å². The first-order valence-corrected chi connectivity index (χ1v) is 17.7. The minimum atomic E-state index is -0.258. The highest BCUT2D eigenvalue weighted by Gasteiger charge is 2.22. The first-order chi connectivity index (χ1) is 22.1. The maximum absolute atomic E-state index is 12.2. The first kappa shape index (κ1) is 33.9. The van der Waals surface area contributed by atoms with Crippen LogP contribution in [0.4, 0.5) is 0 Å². The van der Waals surface area contributed by atoms with Crippen LogP contribution >= 0.6 is 31.9 Å². The Morgan fingerprint density at radius 2 is 1.02 bits per heavy atom. The van der Waals surface area contributed by atoms with Crippen molar-refractivity contribution in [2.75, 3.05) is 24.9 Å². The second kappa shape index (κ2) is 14.5. The van der Waals surface area contributed by atoms with E-state index in [1.54, 1.807) is 0 Å². The summed E-state index contributed by atoms with van der Waals surface area (Å²) < 4.78 is 9.96. The van der Waals surface area contributed by atoms with Gasteiger partial charge in [0.2, 0.25) is 0 Å². The third-order valence-electron chi connectivity index (χ3n) is 9.10. The van der Waals surface area contributed by atoms with Crippen molar-refractivity contribution >= 4 is 88.2 Å². The Morgan fingerprint density at radius 3 is 1.39 bits per heavy atom. The fourth-order valence-electron chi connectivity index (χ4n) is 6.34. The highest BCUT2D eigenvalue weighted by molar-refractivity contribution is 9.09. The summed E-state index contributed by atoms with van der Waals surface area (Å²) in [4.78, 5) is 42.1. The quantitative estimate of drug-likeness (QED) is 0.159. The molecule has 2 N–H and O–H groups in total. The van der Waals surface area contributed by atoms with Crippen molar-refractivity contribution in [3.63, 3.8) is 0 Å². The second-order valence-corrected chi connectivity index (χ2v) is 13.3. The van der Waals surface area contributed by atoms with E-state index in [9.17, 15) is 9.59 Å². The van der Waals surface area contributed by atoms with Gasteiger partial charge in [-0.1, -0.05) is 31.9 Å². The topological polar surface area (TPSA) is 110 Å². The monoisotopic (exact) mass is 750 g/mol. The number of carbonyl (C=O) groups excluding carboxylic acids is 2. The first-order valence-electron chi connectivity index (χ1n) is 15.5. The third kappa shape index (κ3) is 6.79. The SMILES string of the molecule is COC(=O)CCc1c(C)c2cc3nc(cc4nc(cc5[nH]c(cc1[nH]2)c(CCC(=O)OC)c5C)C(CCBr)=C4C)C(C)=C3CCBr. The van der Waals surface area contributed by atoms with E-state index in [0.717, 1.165) is 102 Å². The van der Waals surface area contributed by atoms with Crippen molar-refractivity contribution in [1.29, 1.82) is 0 Å². The van der Waals surface area contributed by atoms with Crippen molar-refractivity contribution < 1.29 is 19.1 Å². The van der Waals surface area contributed by atoms with Gasteiger partial charge >= 0.3 is 11.9 Å². The molecular weight excluding hydrogens is 712 g/mol. The van der Waals surface area contributed by atoms with E-state index in [-0.39, 0.29) is 24.8 Å². The van der Waals surface area contributed by atoms with Crippen LogP contribution in [0.3, 0.4) is 0 Å². The Morgan fingerprint density at radius 1 is 0.609 bits per heavy atom. The minimum Gasteiger partial charge on any atom is -0.469 e. The summed E-state index contributed by atoms with van der Waals surface area (Å²) in [7, 11) is 2.83. The molecular formula is C36H40Br2N4O4. The predicted molar refractivity (Wildman–Crippen MR) is 193 cm³/mol. The zero-order valence-electron chi connectivity index (χ0n) is 27.2. The van der Waals surface area contributed by atoms with Gasteiger partial charge < -0.3 is 19.4 Å². The van der Waals surface area contributed by atoms with Gasteiger partial charge in [-0.2, -0.15) is 0 Å².